The fourth-order valence-electron chi connectivity index (χ4n) is 3.01. The van der Waals surface area contributed by atoms with Crippen LogP contribution in [0.3, 0.4) is 0 Å². The Kier molecular flexibility index (Phi) is 35.9. The summed E-state index contributed by atoms with van der Waals surface area (Å²) in [5, 5.41) is 0. The van der Waals surface area contributed by atoms with Gasteiger partial charge < -0.3 is 24.8 Å². The molecule has 0 saturated carbocycles. The molecule has 184 valence electrons. The minimum Gasteiger partial charge on any atom is -1.00 e. The first kappa shape index (κ1) is 41.4. The van der Waals surface area contributed by atoms with Crippen LogP contribution in [0.25, 0.3) is 0 Å². The monoisotopic (exact) mass is 650 g/mol. The number of allylic oxidation sites excluding steroid dienone is 16. The predicted molar refractivity (Wildman–Crippen MR) is 132 cm³/mol. The smallest absolute Gasteiger partial charge is 1.00 e. The van der Waals surface area contributed by atoms with Gasteiger partial charge in [-0.15, -0.1) is 25.7 Å². The maximum Gasteiger partial charge on any atom is 2.00 e. The molecule has 0 heterocycles. The first-order valence-electron chi connectivity index (χ1n) is 11.7. The number of hydrogen-bond acceptors (Lipinski definition) is 0. The average molecular weight is 654 g/mol. The van der Waals surface area contributed by atoms with Crippen molar-refractivity contribution in [3.05, 3.63) is 95.2 Å². The zero-order valence-corrected chi connectivity index (χ0v) is 27.9. The maximum absolute atomic E-state index is 3.30. The van der Waals surface area contributed by atoms with Gasteiger partial charge >= 0.3 is 52.4 Å². The fraction of sp³-hybridized carbons (Fsp3) is 0.467. The van der Waals surface area contributed by atoms with Crippen LogP contribution in [-0.4, -0.2) is 0 Å². The second kappa shape index (κ2) is 29.5. The molecule has 0 N–H and O–H groups in total. The summed E-state index contributed by atoms with van der Waals surface area (Å²) in [4.78, 5) is 0. The van der Waals surface area contributed by atoms with Crippen molar-refractivity contribution in [2.45, 2.75) is 91.9 Å². The van der Waals surface area contributed by atoms with Crippen LogP contribution < -0.4 is 24.8 Å². The molecule has 0 aliphatic heterocycles. The van der Waals surface area contributed by atoms with E-state index in [0.29, 0.717) is 0 Å². The van der Waals surface area contributed by atoms with Crippen LogP contribution in [0.15, 0.2) is 70.9 Å². The molecule has 4 aliphatic rings. The SMILES string of the molecule is CC1=[C-]CC=C1.CC1=[C-]CC=C1.CCCCC1=[C-]CC=C1.CCCCC1=[C-]CC=C1.[Cl-].[Cl-].[Zr+2].[Zr+2]. The van der Waals surface area contributed by atoms with Gasteiger partial charge in [0.15, 0.2) is 0 Å². The van der Waals surface area contributed by atoms with Crippen molar-refractivity contribution >= 4 is 0 Å². The van der Waals surface area contributed by atoms with E-state index < -0.39 is 0 Å². The van der Waals surface area contributed by atoms with E-state index in [0.717, 1.165) is 25.7 Å². The van der Waals surface area contributed by atoms with Crippen LogP contribution in [0, 0.1) is 24.3 Å². The summed E-state index contributed by atoms with van der Waals surface area (Å²) < 4.78 is 0. The maximum atomic E-state index is 3.30. The van der Waals surface area contributed by atoms with Gasteiger partial charge in [0.1, 0.15) is 0 Å². The molecule has 0 bridgehead atoms. The van der Waals surface area contributed by atoms with Crippen molar-refractivity contribution in [3.8, 4) is 0 Å². The second-order valence-corrected chi connectivity index (χ2v) is 7.76. The summed E-state index contributed by atoms with van der Waals surface area (Å²) in [5.41, 5.74) is 5.37. The van der Waals surface area contributed by atoms with Crippen LogP contribution in [0.2, 0.25) is 0 Å². The first-order valence-corrected chi connectivity index (χ1v) is 11.7. The molecule has 0 amide bonds. The molecule has 0 spiro atoms. The third kappa shape index (κ3) is 24.0. The van der Waals surface area contributed by atoms with Crippen molar-refractivity contribution in [1.82, 2.24) is 0 Å². The molecule has 0 unspecified atom stereocenters. The van der Waals surface area contributed by atoms with Crippen molar-refractivity contribution in [2.75, 3.05) is 0 Å². The topological polar surface area (TPSA) is 0 Å². The summed E-state index contributed by atoms with van der Waals surface area (Å²) in [6, 6.07) is 0. The van der Waals surface area contributed by atoms with E-state index in [9.17, 15) is 0 Å². The summed E-state index contributed by atoms with van der Waals surface area (Å²) in [5.74, 6) is 0. The largest absolute Gasteiger partial charge is 2.00 e. The normalized spacial score (nSPS) is 15.2. The van der Waals surface area contributed by atoms with E-state index in [-0.39, 0.29) is 77.2 Å². The Labute approximate surface area is 262 Å². The van der Waals surface area contributed by atoms with Crippen LogP contribution in [0.5, 0.6) is 0 Å². The van der Waals surface area contributed by atoms with E-state index in [1.54, 1.807) is 0 Å². The van der Waals surface area contributed by atoms with Crippen LogP contribution in [0.1, 0.15) is 91.9 Å². The number of halogens is 2. The van der Waals surface area contributed by atoms with Crippen molar-refractivity contribution in [2.24, 2.45) is 0 Å². The van der Waals surface area contributed by atoms with E-state index in [4.69, 9.17) is 0 Å². The molecule has 4 aliphatic carbocycles. The van der Waals surface area contributed by atoms with Crippen LogP contribution in [-0.2, 0) is 52.4 Å². The zero-order valence-electron chi connectivity index (χ0n) is 21.4. The molecule has 0 nitrogen and oxygen atoms in total. The van der Waals surface area contributed by atoms with Crippen LogP contribution >= 0.6 is 0 Å². The Morgan fingerprint density at radius 1 is 0.559 bits per heavy atom. The van der Waals surface area contributed by atoms with Gasteiger partial charge in [-0.05, 0) is 0 Å². The van der Waals surface area contributed by atoms with Gasteiger partial charge in [0.05, 0.1) is 0 Å². The Morgan fingerprint density at radius 3 is 1.06 bits per heavy atom. The molecule has 0 aromatic heterocycles. The minimum absolute atomic E-state index is 0. The average Bonchev–Trinajstić information content (AvgIpc) is 3.56. The summed E-state index contributed by atoms with van der Waals surface area (Å²) >= 11 is 0. The van der Waals surface area contributed by atoms with Crippen molar-refractivity contribution in [1.29, 1.82) is 0 Å². The molecule has 34 heavy (non-hydrogen) atoms. The third-order valence-corrected chi connectivity index (χ3v) is 4.86. The molecule has 0 fully saturated rings. The Morgan fingerprint density at radius 2 is 0.882 bits per heavy atom. The number of hydrogen-bond donors (Lipinski definition) is 0. The molecule has 0 atom stereocenters. The van der Waals surface area contributed by atoms with Gasteiger partial charge in [-0.25, -0.2) is 46.6 Å². The molecule has 0 saturated heterocycles. The summed E-state index contributed by atoms with van der Waals surface area (Å²) in [7, 11) is 0. The molecular weight excluding hydrogens is 614 g/mol. The van der Waals surface area contributed by atoms with Gasteiger partial charge in [-0.2, -0.15) is 24.3 Å². The molecule has 4 heteroatoms. The first-order chi connectivity index (χ1) is 14.7. The molecule has 0 aromatic rings. The van der Waals surface area contributed by atoms with E-state index in [2.05, 4.69) is 101 Å². The van der Waals surface area contributed by atoms with Crippen molar-refractivity contribution < 1.29 is 77.2 Å². The van der Waals surface area contributed by atoms with Gasteiger partial charge in [-0.3, -0.25) is 24.3 Å². The minimum atomic E-state index is 0. The number of unbranched alkanes of at least 4 members (excludes halogenated alkanes) is 2. The molecule has 0 aromatic carbocycles. The van der Waals surface area contributed by atoms with Gasteiger partial charge in [0, 0.05) is 0 Å². The summed E-state index contributed by atoms with van der Waals surface area (Å²) in [6.45, 7) is 8.56. The van der Waals surface area contributed by atoms with E-state index in [1.807, 2.05) is 0 Å². The Balaban J connectivity index is -0.000000172. The van der Waals surface area contributed by atoms with E-state index >= 15 is 0 Å². The quantitative estimate of drug-likeness (QED) is 0.387. The summed E-state index contributed by atoms with van der Waals surface area (Å²) in [6.07, 6.45) is 41.7. The van der Waals surface area contributed by atoms with Gasteiger partial charge in [-0.1, -0.05) is 66.2 Å². The van der Waals surface area contributed by atoms with E-state index in [1.165, 1.54) is 60.8 Å². The predicted octanol–water partition coefficient (Wildman–Crippen LogP) is 3.13. The standard InChI is InChI=1S/2C9H13.2C6H7.2ClH.2Zr/c2*1-2-3-6-9-7-4-5-8-9;2*1-6-4-2-3-5-6;;;;/h2*4,7H,2-3,5-6H2,1H3;2*2,4H,3H2,1H3;2*1H;;/q4*-1;;;2*+2/p-2. The van der Waals surface area contributed by atoms with Crippen LogP contribution in [0.4, 0.5) is 0 Å². The zero-order chi connectivity index (χ0) is 21.9. The van der Waals surface area contributed by atoms with Crippen molar-refractivity contribution in [3.63, 3.8) is 0 Å². The van der Waals surface area contributed by atoms with Gasteiger partial charge in [0.25, 0.3) is 0 Å². The third-order valence-electron chi connectivity index (χ3n) is 4.86. The Hall–Kier alpha value is 0.266. The molecule has 0 radical (unpaired) electrons. The molecular formula is C30H40Cl2Zr2-2. The number of rotatable bonds is 6. The second-order valence-electron chi connectivity index (χ2n) is 7.76. The fourth-order valence-corrected chi connectivity index (χ4v) is 3.01. The van der Waals surface area contributed by atoms with Gasteiger partial charge in [0.2, 0.25) is 0 Å². The molecule has 4 rings (SSSR count). The Bertz CT molecular complexity index is 653.